The Labute approximate surface area is 108 Å². The number of anilines is 2. The molecule has 18 heavy (non-hydrogen) atoms. The number of aromatic nitrogens is 1. The van der Waals surface area contributed by atoms with E-state index >= 15 is 0 Å². The van der Waals surface area contributed by atoms with Gasteiger partial charge in [-0.1, -0.05) is 13.8 Å². The maximum Gasteiger partial charge on any atom is 0.242 e. The highest BCUT2D eigenvalue weighted by atomic mass is 16.2. The van der Waals surface area contributed by atoms with Crippen molar-refractivity contribution >= 4 is 17.4 Å². The fourth-order valence-electron chi connectivity index (χ4n) is 1.40. The van der Waals surface area contributed by atoms with Crippen LogP contribution < -0.4 is 16.4 Å². The zero-order valence-corrected chi connectivity index (χ0v) is 11.4. The number of aryl methyl sites for hydroxylation is 1. The number of pyridine rings is 1. The lowest BCUT2D eigenvalue weighted by Crippen LogP contribution is -2.39. The summed E-state index contributed by atoms with van der Waals surface area (Å²) in [4.78, 5) is 16.1. The Kier molecular flexibility index (Phi) is 4.95. The van der Waals surface area contributed by atoms with Crippen LogP contribution in [0.2, 0.25) is 0 Å². The van der Waals surface area contributed by atoms with Crippen LogP contribution in [-0.4, -0.2) is 23.5 Å². The molecular formula is C13H22N4O. The third-order valence-corrected chi connectivity index (χ3v) is 2.57. The maximum atomic E-state index is 11.8. The molecule has 4 N–H and O–H groups in total. The third-order valence-electron chi connectivity index (χ3n) is 2.57. The van der Waals surface area contributed by atoms with Crippen molar-refractivity contribution in [2.24, 2.45) is 5.92 Å². The van der Waals surface area contributed by atoms with Gasteiger partial charge in [0.15, 0.2) is 0 Å². The van der Waals surface area contributed by atoms with Crippen LogP contribution in [0.25, 0.3) is 0 Å². The molecule has 1 rings (SSSR count). The highest BCUT2D eigenvalue weighted by molar-refractivity contribution is 5.83. The molecule has 1 atom stereocenters. The van der Waals surface area contributed by atoms with Gasteiger partial charge in [-0.15, -0.1) is 0 Å². The maximum absolute atomic E-state index is 11.8. The first kappa shape index (κ1) is 14.3. The number of carbonyl (C=O) groups is 1. The van der Waals surface area contributed by atoms with E-state index < -0.39 is 0 Å². The minimum atomic E-state index is -0.320. The van der Waals surface area contributed by atoms with Crippen molar-refractivity contribution in [2.45, 2.75) is 33.7 Å². The summed E-state index contributed by atoms with van der Waals surface area (Å²) in [5, 5.41) is 5.93. The Hall–Kier alpha value is -1.78. The van der Waals surface area contributed by atoms with Gasteiger partial charge in [-0.25, -0.2) is 4.98 Å². The van der Waals surface area contributed by atoms with Gasteiger partial charge in [0.25, 0.3) is 0 Å². The van der Waals surface area contributed by atoms with E-state index in [9.17, 15) is 4.79 Å². The minimum Gasteiger partial charge on any atom is -0.397 e. The molecule has 1 aromatic rings. The Bertz CT molecular complexity index is 417. The second kappa shape index (κ2) is 6.23. The predicted molar refractivity (Wildman–Crippen MR) is 74.3 cm³/mol. The lowest BCUT2D eigenvalue weighted by atomic mass is 10.2. The van der Waals surface area contributed by atoms with Gasteiger partial charge in [-0.3, -0.25) is 4.79 Å². The van der Waals surface area contributed by atoms with Crippen LogP contribution >= 0.6 is 0 Å². The molecule has 0 saturated heterocycles. The van der Waals surface area contributed by atoms with Crippen molar-refractivity contribution in [1.82, 2.24) is 10.3 Å². The van der Waals surface area contributed by atoms with Gasteiger partial charge >= 0.3 is 0 Å². The molecule has 1 amide bonds. The van der Waals surface area contributed by atoms with Crippen LogP contribution in [0.4, 0.5) is 11.5 Å². The van der Waals surface area contributed by atoms with Gasteiger partial charge in [0.1, 0.15) is 11.9 Å². The van der Waals surface area contributed by atoms with Crippen molar-refractivity contribution in [2.75, 3.05) is 17.6 Å². The quantitative estimate of drug-likeness (QED) is 0.740. The number of amides is 1. The van der Waals surface area contributed by atoms with Crippen LogP contribution in [0.15, 0.2) is 12.1 Å². The molecule has 0 radical (unpaired) electrons. The van der Waals surface area contributed by atoms with Crippen molar-refractivity contribution in [3.05, 3.63) is 17.8 Å². The largest absolute Gasteiger partial charge is 0.397 e. The second-order valence-electron chi connectivity index (χ2n) is 4.88. The molecule has 0 saturated carbocycles. The van der Waals surface area contributed by atoms with Crippen molar-refractivity contribution in [3.63, 3.8) is 0 Å². The number of nitrogens with one attached hydrogen (secondary N) is 2. The van der Waals surface area contributed by atoms with E-state index in [1.807, 2.05) is 13.8 Å². The molecule has 5 heteroatoms. The SMILES string of the molecule is Cc1nc(NC(C)C(=O)NCC(C)C)ccc1N. The molecule has 1 heterocycles. The smallest absolute Gasteiger partial charge is 0.242 e. The Morgan fingerprint density at radius 3 is 2.61 bits per heavy atom. The lowest BCUT2D eigenvalue weighted by Gasteiger charge is -2.16. The molecule has 1 unspecified atom stereocenters. The first-order chi connectivity index (χ1) is 8.40. The predicted octanol–water partition coefficient (Wildman–Crippen LogP) is 1.54. The summed E-state index contributed by atoms with van der Waals surface area (Å²) >= 11 is 0. The summed E-state index contributed by atoms with van der Waals surface area (Å²) in [5.74, 6) is 1.08. The number of nitrogen functional groups attached to an aromatic ring is 1. The number of nitrogens with zero attached hydrogens (tertiary/aromatic N) is 1. The molecule has 0 spiro atoms. The molecular weight excluding hydrogens is 228 g/mol. The minimum absolute atomic E-state index is 0.0278. The van der Waals surface area contributed by atoms with Crippen molar-refractivity contribution in [1.29, 1.82) is 0 Å². The highest BCUT2D eigenvalue weighted by Crippen LogP contribution is 2.12. The van der Waals surface area contributed by atoms with E-state index in [-0.39, 0.29) is 11.9 Å². The summed E-state index contributed by atoms with van der Waals surface area (Å²) in [6.45, 7) is 8.44. The third kappa shape index (κ3) is 4.24. The second-order valence-corrected chi connectivity index (χ2v) is 4.88. The number of hydrogen-bond donors (Lipinski definition) is 3. The van der Waals surface area contributed by atoms with Crippen molar-refractivity contribution < 1.29 is 4.79 Å². The van der Waals surface area contributed by atoms with E-state index in [4.69, 9.17) is 5.73 Å². The molecule has 0 fully saturated rings. The van der Waals surface area contributed by atoms with Gasteiger partial charge in [-0.05, 0) is 31.9 Å². The van der Waals surface area contributed by atoms with Crippen LogP contribution in [0.1, 0.15) is 26.5 Å². The first-order valence-corrected chi connectivity index (χ1v) is 6.17. The summed E-state index contributed by atoms with van der Waals surface area (Å²) in [6.07, 6.45) is 0. The standard InChI is InChI=1S/C13H22N4O/c1-8(2)7-15-13(18)10(4)17-12-6-5-11(14)9(3)16-12/h5-6,8,10H,7,14H2,1-4H3,(H,15,18)(H,16,17). The van der Waals surface area contributed by atoms with Gasteiger partial charge in [0.05, 0.1) is 11.4 Å². The highest BCUT2D eigenvalue weighted by Gasteiger charge is 2.13. The zero-order valence-electron chi connectivity index (χ0n) is 11.4. The van der Waals surface area contributed by atoms with E-state index in [2.05, 4.69) is 29.5 Å². The first-order valence-electron chi connectivity index (χ1n) is 6.17. The molecule has 0 aromatic carbocycles. The van der Waals surface area contributed by atoms with E-state index in [0.717, 1.165) is 5.69 Å². The monoisotopic (exact) mass is 250 g/mol. The van der Waals surface area contributed by atoms with Crippen LogP contribution in [0.5, 0.6) is 0 Å². The number of rotatable bonds is 5. The van der Waals surface area contributed by atoms with E-state index in [1.54, 1.807) is 12.1 Å². The normalized spacial score (nSPS) is 12.3. The van der Waals surface area contributed by atoms with Gasteiger partial charge < -0.3 is 16.4 Å². The molecule has 0 aliphatic carbocycles. The Morgan fingerprint density at radius 2 is 2.06 bits per heavy atom. The molecule has 1 aromatic heterocycles. The van der Waals surface area contributed by atoms with Crippen molar-refractivity contribution in [3.8, 4) is 0 Å². The summed E-state index contributed by atoms with van der Waals surface area (Å²) in [6, 6.07) is 3.23. The molecule has 100 valence electrons. The average molecular weight is 250 g/mol. The summed E-state index contributed by atoms with van der Waals surface area (Å²) < 4.78 is 0. The van der Waals surface area contributed by atoms with Crippen LogP contribution in [0.3, 0.4) is 0 Å². The lowest BCUT2D eigenvalue weighted by molar-refractivity contribution is -0.121. The fourth-order valence-corrected chi connectivity index (χ4v) is 1.40. The Morgan fingerprint density at radius 1 is 1.39 bits per heavy atom. The number of nitrogens with two attached hydrogens (primary N) is 1. The molecule has 0 bridgehead atoms. The molecule has 0 aliphatic heterocycles. The number of hydrogen-bond acceptors (Lipinski definition) is 4. The molecule has 5 nitrogen and oxygen atoms in total. The van der Waals surface area contributed by atoms with Gasteiger partial charge in [0.2, 0.25) is 5.91 Å². The average Bonchev–Trinajstić information content (AvgIpc) is 2.30. The van der Waals surface area contributed by atoms with Crippen LogP contribution in [0, 0.1) is 12.8 Å². The fraction of sp³-hybridized carbons (Fsp3) is 0.538. The Balaban J connectivity index is 2.55. The zero-order chi connectivity index (χ0) is 13.7. The summed E-state index contributed by atoms with van der Waals surface area (Å²) in [5.41, 5.74) is 7.10. The van der Waals surface area contributed by atoms with E-state index in [0.29, 0.717) is 24.0 Å². The van der Waals surface area contributed by atoms with E-state index in [1.165, 1.54) is 0 Å². The topological polar surface area (TPSA) is 80.0 Å². The van der Waals surface area contributed by atoms with Gasteiger partial charge in [0, 0.05) is 6.54 Å². The number of carbonyl (C=O) groups excluding carboxylic acids is 1. The van der Waals surface area contributed by atoms with Crippen LogP contribution in [-0.2, 0) is 4.79 Å². The molecule has 0 aliphatic rings. The summed E-state index contributed by atoms with van der Waals surface area (Å²) in [7, 11) is 0. The van der Waals surface area contributed by atoms with Gasteiger partial charge in [-0.2, -0.15) is 0 Å².